The zero-order valence-electron chi connectivity index (χ0n) is 13.7. The van der Waals surface area contributed by atoms with Crippen LogP contribution in [0.1, 0.15) is 10.4 Å². The fraction of sp³-hybridized carbons (Fsp3) is 0.0526. The van der Waals surface area contributed by atoms with E-state index < -0.39 is 0 Å². The molecule has 1 aliphatic rings. The van der Waals surface area contributed by atoms with E-state index in [0.717, 1.165) is 22.6 Å². The van der Waals surface area contributed by atoms with Gasteiger partial charge in [0.25, 0.3) is 0 Å². The number of phenolic OH excluding ortho intramolecular Hbond substituents is 1. The Morgan fingerprint density at radius 1 is 1.19 bits per heavy atom. The number of ether oxygens (including phenoxy) is 1. The van der Waals surface area contributed by atoms with Crippen LogP contribution in [0.2, 0.25) is 0 Å². The molecule has 0 saturated heterocycles. The molecule has 2 aromatic carbocycles. The van der Waals surface area contributed by atoms with E-state index in [1.54, 1.807) is 37.6 Å². The Hall–Kier alpha value is -2.90. The highest BCUT2D eigenvalue weighted by atomic mass is 32.1. The molecule has 0 fully saturated rings. The minimum atomic E-state index is 0.0304. The van der Waals surface area contributed by atoms with Crippen molar-refractivity contribution in [1.29, 1.82) is 0 Å². The lowest BCUT2D eigenvalue weighted by Crippen LogP contribution is -1.92. The van der Waals surface area contributed by atoms with Crippen LogP contribution in [-0.2, 0) is 0 Å². The van der Waals surface area contributed by atoms with E-state index in [1.165, 1.54) is 15.9 Å². The number of aromatic hydroxyl groups is 2. The first-order valence-corrected chi connectivity index (χ1v) is 8.97. The number of hydrogen-bond acceptors (Lipinski definition) is 6. The zero-order chi connectivity index (χ0) is 18.3. The molecule has 0 atom stereocenters. The largest absolute Gasteiger partial charge is 0.508 e. The molecule has 0 saturated carbocycles. The topological polar surface area (TPSA) is 67.0 Å². The Morgan fingerprint density at radius 2 is 2.04 bits per heavy atom. The molecule has 0 aliphatic carbocycles. The van der Waals surface area contributed by atoms with E-state index in [-0.39, 0.29) is 11.6 Å². The van der Waals surface area contributed by atoms with E-state index >= 15 is 0 Å². The molecule has 1 aliphatic heterocycles. The minimum Gasteiger partial charge on any atom is -0.508 e. The van der Waals surface area contributed by atoms with Gasteiger partial charge in [0, 0.05) is 23.4 Å². The first-order valence-electron chi connectivity index (χ1n) is 7.75. The fourth-order valence-electron chi connectivity index (χ4n) is 2.79. The van der Waals surface area contributed by atoms with Gasteiger partial charge < -0.3 is 14.9 Å². The second-order valence-electron chi connectivity index (χ2n) is 5.65. The van der Waals surface area contributed by atoms with E-state index in [0.29, 0.717) is 14.5 Å². The summed E-state index contributed by atoms with van der Waals surface area (Å²) < 4.78 is 7.30. The number of allylic oxidation sites excluding steroid dienone is 1. The maximum absolute atomic E-state index is 10.7. The van der Waals surface area contributed by atoms with Crippen molar-refractivity contribution >= 4 is 47.1 Å². The number of nitrogens with zero attached hydrogens (tertiary/aromatic N) is 2. The van der Waals surface area contributed by atoms with Crippen LogP contribution in [0.5, 0.6) is 17.4 Å². The highest BCUT2D eigenvalue weighted by molar-refractivity contribution is 7.73. The molecule has 4 rings (SSSR count). The monoisotopic (exact) mass is 382 g/mol. The van der Waals surface area contributed by atoms with Crippen LogP contribution in [0, 0.1) is 3.95 Å². The molecule has 26 heavy (non-hydrogen) atoms. The number of fused-ring (bicyclic) bond motifs is 1. The second-order valence-corrected chi connectivity index (χ2v) is 7.33. The Labute approximate surface area is 158 Å². The highest BCUT2D eigenvalue weighted by Gasteiger charge is 2.17. The van der Waals surface area contributed by atoms with E-state index in [1.807, 2.05) is 24.3 Å². The smallest absolute Gasteiger partial charge is 0.215 e. The molecular formula is C19H14N2O3S2. The van der Waals surface area contributed by atoms with Gasteiger partial charge in [-0.1, -0.05) is 6.07 Å². The fourth-order valence-corrected chi connectivity index (χ4v) is 4.09. The average molecular weight is 382 g/mol. The number of thiazole rings is 1. The third-order valence-corrected chi connectivity index (χ3v) is 5.35. The SMILES string of the molecule is COc1ccc2c(c1)C(=Cc1sc(=S)n(-c3cccc(O)c3)c1O)C=N2. The van der Waals surface area contributed by atoms with Crippen LogP contribution in [-0.4, -0.2) is 28.1 Å². The first kappa shape index (κ1) is 16.6. The summed E-state index contributed by atoms with van der Waals surface area (Å²) in [7, 11) is 1.62. The number of benzene rings is 2. The Morgan fingerprint density at radius 3 is 2.81 bits per heavy atom. The number of aromatic nitrogens is 1. The minimum absolute atomic E-state index is 0.0304. The van der Waals surface area contributed by atoms with Gasteiger partial charge in [-0.3, -0.25) is 9.56 Å². The van der Waals surface area contributed by atoms with Crippen molar-refractivity contribution in [3.63, 3.8) is 0 Å². The third kappa shape index (κ3) is 2.81. The molecule has 5 nitrogen and oxygen atoms in total. The van der Waals surface area contributed by atoms with Crippen molar-refractivity contribution < 1.29 is 14.9 Å². The number of aliphatic imine (C=N–C) groups is 1. The molecular weight excluding hydrogens is 368 g/mol. The molecule has 0 amide bonds. The van der Waals surface area contributed by atoms with Crippen molar-refractivity contribution in [2.75, 3.05) is 7.11 Å². The molecule has 0 bridgehead atoms. The van der Waals surface area contributed by atoms with Gasteiger partial charge in [-0.2, -0.15) is 0 Å². The zero-order valence-corrected chi connectivity index (χ0v) is 15.3. The van der Waals surface area contributed by atoms with Gasteiger partial charge in [-0.15, -0.1) is 11.3 Å². The maximum atomic E-state index is 10.7. The summed E-state index contributed by atoms with van der Waals surface area (Å²) >= 11 is 6.69. The molecule has 7 heteroatoms. The van der Waals surface area contributed by atoms with Crippen molar-refractivity contribution in [2.45, 2.75) is 0 Å². The van der Waals surface area contributed by atoms with Crippen LogP contribution in [0.4, 0.5) is 5.69 Å². The van der Waals surface area contributed by atoms with Crippen molar-refractivity contribution in [3.8, 4) is 23.1 Å². The quantitative estimate of drug-likeness (QED) is 0.630. The number of phenols is 1. The Bertz CT molecular complexity index is 1130. The van der Waals surface area contributed by atoms with Gasteiger partial charge in [0.15, 0.2) is 3.95 Å². The predicted octanol–water partition coefficient (Wildman–Crippen LogP) is 4.94. The second kappa shape index (κ2) is 6.44. The van der Waals surface area contributed by atoms with Gasteiger partial charge >= 0.3 is 0 Å². The maximum Gasteiger partial charge on any atom is 0.215 e. The van der Waals surface area contributed by atoms with Gasteiger partial charge in [0.05, 0.1) is 23.4 Å². The van der Waals surface area contributed by atoms with Crippen molar-refractivity contribution in [1.82, 2.24) is 4.57 Å². The third-order valence-electron chi connectivity index (χ3n) is 4.04. The van der Waals surface area contributed by atoms with E-state index in [2.05, 4.69) is 4.99 Å². The van der Waals surface area contributed by atoms with E-state index in [9.17, 15) is 10.2 Å². The van der Waals surface area contributed by atoms with Crippen LogP contribution in [0.25, 0.3) is 17.3 Å². The van der Waals surface area contributed by atoms with Crippen LogP contribution >= 0.6 is 23.6 Å². The summed E-state index contributed by atoms with van der Waals surface area (Å²) in [6.45, 7) is 0. The normalized spacial score (nSPS) is 14.0. The average Bonchev–Trinajstić information content (AvgIpc) is 3.15. The number of hydrogen-bond donors (Lipinski definition) is 2. The van der Waals surface area contributed by atoms with Gasteiger partial charge in [0.1, 0.15) is 11.5 Å². The van der Waals surface area contributed by atoms with Gasteiger partial charge in [-0.05, 0) is 48.6 Å². The van der Waals surface area contributed by atoms with Crippen LogP contribution in [0.15, 0.2) is 47.5 Å². The van der Waals surface area contributed by atoms with Gasteiger partial charge in [-0.25, -0.2) is 0 Å². The van der Waals surface area contributed by atoms with E-state index in [4.69, 9.17) is 17.0 Å². The lowest BCUT2D eigenvalue weighted by Gasteiger charge is -2.05. The Kier molecular flexibility index (Phi) is 4.10. The molecule has 0 unspecified atom stereocenters. The summed E-state index contributed by atoms with van der Waals surface area (Å²) in [6, 6.07) is 12.3. The number of rotatable bonds is 3. The Balaban J connectivity index is 1.81. The summed E-state index contributed by atoms with van der Waals surface area (Å²) in [5.74, 6) is 0.885. The molecule has 3 aromatic rings. The molecule has 1 aromatic heterocycles. The summed E-state index contributed by atoms with van der Waals surface area (Å²) in [4.78, 5) is 5.01. The molecule has 0 radical (unpaired) electrons. The molecule has 0 spiro atoms. The van der Waals surface area contributed by atoms with Crippen LogP contribution < -0.4 is 4.74 Å². The van der Waals surface area contributed by atoms with Crippen molar-refractivity contribution in [2.24, 2.45) is 4.99 Å². The summed E-state index contributed by atoms with van der Waals surface area (Å²) in [5, 5.41) is 20.4. The van der Waals surface area contributed by atoms with Gasteiger partial charge in [0.2, 0.25) is 5.88 Å². The summed E-state index contributed by atoms with van der Waals surface area (Å²) in [5.41, 5.74) is 3.27. The lowest BCUT2D eigenvalue weighted by atomic mass is 10.1. The standard InChI is InChI=1S/C19H14N2O3S2/c1-24-14-5-6-16-15(9-14)11(10-20-16)7-17-18(23)21(19(25)26-17)12-3-2-4-13(22)8-12/h2-10,22-23H,1H3. The lowest BCUT2D eigenvalue weighted by molar-refractivity contribution is 0.415. The summed E-state index contributed by atoms with van der Waals surface area (Å²) in [6.07, 6.45) is 3.61. The molecule has 2 N–H and O–H groups in total. The molecule has 130 valence electrons. The highest BCUT2D eigenvalue weighted by Crippen LogP contribution is 2.38. The molecule has 2 heterocycles. The number of methoxy groups -OCH3 is 1. The van der Waals surface area contributed by atoms with Crippen molar-refractivity contribution in [3.05, 3.63) is 56.9 Å². The predicted molar refractivity (Wildman–Crippen MR) is 107 cm³/mol. The first-order chi connectivity index (χ1) is 12.6. The van der Waals surface area contributed by atoms with Crippen LogP contribution in [0.3, 0.4) is 0 Å².